The zero-order valence-electron chi connectivity index (χ0n) is 9.54. The maximum Gasteiger partial charge on any atom is 0.224 e. The molecule has 0 saturated carbocycles. The SMILES string of the molecule is CCC(CN)CC(=O)Nc1cnc(Cl)c(Br)c1. The maximum atomic E-state index is 11.7. The number of amides is 1. The Morgan fingerprint density at radius 3 is 2.94 bits per heavy atom. The molecule has 0 aromatic carbocycles. The Morgan fingerprint density at radius 1 is 1.71 bits per heavy atom. The van der Waals surface area contributed by atoms with Crippen LogP contribution in [0.3, 0.4) is 0 Å². The summed E-state index contributed by atoms with van der Waals surface area (Å²) in [4.78, 5) is 15.6. The van der Waals surface area contributed by atoms with Gasteiger partial charge in [-0.3, -0.25) is 4.79 Å². The molecule has 1 aromatic heterocycles. The molecule has 1 heterocycles. The number of hydrogen-bond donors (Lipinski definition) is 2. The summed E-state index contributed by atoms with van der Waals surface area (Å²) in [5.74, 6) is 0.164. The highest BCUT2D eigenvalue weighted by molar-refractivity contribution is 9.10. The van der Waals surface area contributed by atoms with Gasteiger partial charge in [-0.2, -0.15) is 0 Å². The number of carbonyl (C=O) groups excluding carboxylic acids is 1. The summed E-state index contributed by atoms with van der Waals surface area (Å²) in [5, 5.41) is 3.14. The molecule has 3 N–H and O–H groups in total. The van der Waals surface area contributed by atoms with E-state index in [1.54, 1.807) is 6.07 Å². The minimum atomic E-state index is -0.0571. The number of nitrogens with one attached hydrogen (secondary N) is 1. The van der Waals surface area contributed by atoms with Crippen LogP contribution in [0, 0.1) is 5.92 Å². The van der Waals surface area contributed by atoms with Gasteiger partial charge in [0.15, 0.2) is 0 Å². The predicted molar refractivity (Wildman–Crippen MR) is 73.0 cm³/mol. The third-order valence-corrected chi connectivity index (χ3v) is 3.60. The second kappa shape index (κ2) is 6.93. The zero-order chi connectivity index (χ0) is 12.8. The Hall–Kier alpha value is -0.650. The van der Waals surface area contributed by atoms with Crippen LogP contribution in [-0.4, -0.2) is 17.4 Å². The molecule has 0 bridgehead atoms. The van der Waals surface area contributed by atoms with Gasteiger partial charge in [0.05, 0.1) is 16.4 Å². The molecule has 1 atom stereocenters. The Labute approximate surface area is 114 Å². The van der Waals surface area contributed by atoms with Crippen LogP contribution >= 0.6 is 27.5 Å². The van der Waals surface area contributed by atoms with Crippen molar-refractivity contribution in [2.45, 2.75) is 19.8 Å². The average Bonchev–Trinajstić information content (AvgIpc) is 2.31. The highest BCUT2D eigenvalue weighted by atomic mass is 79.9. The quantitative estimate of drug-likeness (QED) is 0.820. The van der Waals surface area contributed by atoms with Crippen LogP contribution in [0.5, 0.6) is 0 Å². The Morgan fingerprint density at radius 2 is 2.41 bits per heavy atom. The van der Waals surface area contributed by atoms with E-state index >= 15 is 0 Å². The maximum absolute atomic E-state index is 11.7. The molecule has 1 rings (SSSR count). The molecule has 0 saturated heterocycles. The molecule has 0 aliphatic rings. The van der Waals surface area contributed by atoms with Crippen LogP contribution < -0.4 is 11.1 Å². The van der Waals surface area contributed by atoms with E-state index in [9.17, 15) is 4.79 Å². The van der Waals surface area contributed by atoms with Crippen molar-refractivity contribution in [2.24, 2.45) is 11.7 Å². The molecule has 4 nitrogen and oxygen atoms in total. The van der Waals surface area contributed by atoms with Crippen molar-refractivity contribution in [3.05, 3.63) is 21.9 Å². The van der Waals surface area contributed by atoms with Crippen LogP contribution in [0.25, 0.3) is 0 Å². The topological polar surface area (TPSA) is 68.0 Å². The summed E-state index contributed by atoms with van der Waals surface area (Å²) >= 11 is 9.01. The first-order valence-electron chi connectivity index (χ1n) is 5.37. The number of nitrogens with zero attached hydrogens (tertiary/aromatic N) is 1. The van der Waals surface area contributed by atoms with Crippen molar-refractivity contribution in [2.75, 3.05) is 11.9 Å². The van der Waals surface area contributed by atoms with Gasteiger partial charge in [0.2, 0.25) is 5.91 Å². The van der Waals surface area contributed by atoms with Gasteiger partial charge in [0.25, 0.3) is 0 Å². The first-order valence-corrected chi connectivity index (χ1v) is 6.54. The van der Waals surface area contributed by atoms with E-state index < -0.39 is 0 Å². The molecule has 0 aliphatic heterocycles. The first kappa shape index (κ1) is 14.4. The standard InChI is InChI=1S/C11H15BrClN3O/c1-2-7(5-14)3-10(17)16-8-4-9(12)11(13)15-6-8/h4,6-7H,2-3,5,14H2,1H3,(H,16,17). The van der Waals surface area contributed by atoms with Gasteiger partial charge in [-0.15, -0.1) is 0 Å². The van der Waals surface area contributed by atoms with Crippen LogP contribution in [-0.2, 0) is 4.79 Å². The molecular formula is C11H15BrClN3O. The van der Waals surface area contributed by atoms with Crippen molar-refractivity contribution < 1.29 is 4.79 Å². The molecule has 17 heavy (non-hydrogen) atoms. The minimum Gasteiger partial charge on any atom is -0.330 e. The van der Waals surface area contributed by atoms with Crippen LogP contribution in [0.1, 0.15) is 19.8 Å². The van der Waals surface area contributed by atoms with Crippen molar-refractivity contribution >= 4 is 39.1 Å². The lowest BCUT2D eigenvalue weighted by atomic mass is 10.0. The molecule has 0 fully saturated rings. The molecule has 94 valence electrons. The van der Waals surface area contributed by atoms with Gasteiger partial charge in [-0.05, 0) is 34.5 Å². The van der Waals surface area contributed by atoms with E-state index in [-0.39, 0.29) is 11.8 Å². The van der Waals surface area contributed by atoms with E-state index in [0.717, 1.165) is 6.42 Å². The molecule has 0 radical (unpaired) electrons. The number of aromatic nitrogens is 1. The fraction of sp³-hybridized carbons (Fsp3) is 0.455. The normalized spacial score (nSPS) is 12.2. The average molecular weight is 321 g/mol. The highest BCUT2D eigenvalue weighted by Crippen LogP contribution is 2.23. The molecule has 1 unspecified atom stereocenters. The largest absolute Gasteiger partial charge is 0.330 e. The van der Waals surface area contributed by atoms with E-state index in [1.807, 2.05) is 6.92 Å². The Balaban J connectivity index is 2.58. The number of rotatable bonds is 5. The number of nitrogens with two attached hydrogens (primary N) is 1. The number of halogens is 2. The van der Waals surface area contributed by atoms with E-state index in [1.165, 1.54) is 6.20 Å². The molecule has 1 amide bonds. The summed E-state index contributed by atoms with van der Waals surface area (Å²) in [6.45, 7) is 2.54. The second-order valence-corrected chi connectivity index (χ2v) is 4.97. The third-order valence-electron chi connectivity index (χ3n) is 2.46. The summed E-state index contributed by atoms with van der Waals surface area (Å²) in [6.07, 6.45) is 2.84. The second-order valence-electron chi connectivity index (χ2n) is 3.76. The minimum absolute atomic E-state index is 0.0571. The number of anilines is 1. The Kier molecular flexibility index (Phi) is 5.88. The molecule has 1 aromatic rings. The summed E-state index contributed by atoms with van der Waals surface area (Å²) in [7, 11) is 0. The highest BCUT2D eigenvalue weighted by Gasteiger charge is 2.11. The lowest BCUT2D eigenvalue weighted by molar-refractivity contribution is -0.117. The van der Waals surface area contributed by atoms with Gasteiger partial charge in [-0.25, -0.2) is 4.98 Å². The van der Waals surface area contributed by atoms with Crippen LogP contribution in [0.15, 0.2) is 16.7 Å². The number of hydrogen-bond acceptors (Lipinski definition) is 3. The zero-order valence-corrected chi connectivity index (χ0v) is 11.9. The number of carbonyl (C=O) groups is 1. The fourth-order valence-electron chi connectivity index (χ4n) is 1.36. The lowest BCUT2D eigenvalue weighted by Crippen LogP contribution is -2.21. The van der Waals surface area contributed by atoms with Gasteiger partial charge >= 0.3 is 0 Å². The first-order chi connectivity index (χ1) is 8.06. The van der Waals surface area contributed by atoms with Gasteiger partial charge in [0.1, 0.15) is 5.15 Å². The van der Waals surface area contributed by atoms with Gasteiger partial charge in [-0.1, -0.05) is 24.9 Å². The smallest absolute Gasteiger partial charge is 0.224 e. The van der Waals surface area contributed by atoms with E-state index in [2.05, 4.69) is 26.2 Å². The fourth-order valence-corrected chi connectivity index (χ4v) is 1.81. The van der Waals surface area contributed by atoms with E-state index in [4.69, 9.17) is 17.3 Å². The number of pyridine rings is 1. The van der Waals surface area contributed by atoms with Crippen LogP contribution in [0.4, 0.5) is 5.69 Å². The Bertz CT molecular complexity index is 396. The lowest BCUT2D eigenvalue weighted by Gasteiger charge is -2.12. The third kappa shape index (κ3) is 4.61. The molecular weight excluding hydrogens is 305 g/mol. The van der Waals surface area contributed by atoms with Gasteiger partial charge in [0, 0.05) is 6.42 Å². The van der Waals surface area contributed by atoms with Crippen molar-refractivity contribution in [1.29, 1.82) is 0 Å². The van der Waals surface area contributed by atoms with Crippen molar-refractivity contribution in [3.63, 3.8) is 0 Å². The molecule has 6 heteroatoms. The summed E-state index contributed by atoms with van der Waals surface area (Å²) in [5.41, 5.74) is 6.17. The molecule has 0 aliphatic carbocycles. The van der Waals surface area contributed by atoms with Gasteiger partial charge < -0.3 is 11.1 Å². The summed E-state index contributed by atoms with van der Waals surface area (Å²) in [6, 6.07) is 1.72. The van der Waals surface area contributed by atoms with E-state index in [0.29, 0.717) is 28.3 Å². The van der Waals surface area contributed by atoms with Crippen LogP contribution in [0.2, 0.25) is 5.15 Å². The van der Waals surface area contributed by atoms with Crippen molar-refractivity contribution in [1.82, 2.24) is 4.98 Å². The molecule has 0 spiro atoms. The van der Waals surface area contributed by atoms with Crippen molar-refractivity contribution in [3.8, 4) is 0 Å². The summed E-state index contributed by atoms with van der Waals surface area (Å²) < 4.78 is 0.655. The monoisotopic (exact) mass is 319 g/mol. The predicted octanol–water partition coefficient (Wildman–Crippen LogP) is 2.81.